The summed E-state index contributed by atoms with van der Waals surface area (Å²) >= 11 is 1.11. The lowest BCUT2D eigenvalue weighted by Gasteiger charge is -2.09. The van der Waals surface area contributed by atoms with Crippen LogP contribution in [0, 0.1) is 18.3 Å². The van der Waals surface area contributed by atoms with Crippen molar-refractivity contribution in [3.05, 3.63) is 92.7 Å². The monoisotopic (exact) mass is 446 g/mol. The van der Waals surface area contributed by atoms with Gasteiger partial charge in [0.25, 0.3) is 11.5 Å². The Bertz CT molecular complexity index is 1350. The summed E-state index contributed by atoms with van der Waals surface area (Å²) < 4.78 is 11.2. The van der Waals surface area contributed by atoms with Crippen LogP contribution in [0.25, 0.3) is 10.6 Å². The van der Waals surface area contributed by atoms with Crippen molar-refractivity contribution < 1.29 is 13.9 Å². The number of aromatic amines is 1. The number of carbonyl (C=O) groups excluding carboxylic acids is 1. The number of thiazole rings is 1. The van der Waals surface area contributed by atoms with Crippen LogP contribution >= 0.6 is 11.3 Å². The number of pyridine rings is 1. The lowest BCUT2D eigenvalue weighted by atomic mass is 10.2. The maximum absolute atomic E-state index is 12.7. The van der Waals surface area contributed by atoms with Crippen LogP contribution in [0.1, 0.15) is 32.4 Å². The minimum absolute atomic E-state index is 0.130. The zero-order chi connectivity index (χ0) is 22.5. The summed E-state index contributed by atoms with van der Waals surface area (Å²) in [5.41, 5.74) is 1.39. The first-order valence-corrected chi connectivity index (χ1v) is 10.5. The summed E-state index contributed by atoms with van der Waals surface area (Å²) in [6, 6.07) is 16.3. The van der Waals surface area contributed by atoms with Gasteiger partial charge in [0.1, 0.15) is 39.6 Å². The number of aromatic nitrogens is 2. The molecule has 0 fully saturated rings. The molecule has 0 saturated carbocycles. The zero-order valence-electron chi connectivity index (χ0n) is 17.0. The fourth-order valence-electron chi connectivity index (χ4n) is 3.01. The van der Waals surface area contributed by atoms with E-state index in [9.17, 15) is 9.59 Å². The number of carbonyl (C=O) groups is 1. The van der Waals surface area contributed by atoms with Gasteiger partial charge in [0.05, 0.1) is 12.2 Å². The van der Waals surface area contributed by atoms with Crippen molar-refractivity contribution in [2.24, 2.45) is 0 Å². The Hall–Kier alpha value is -4.16. The second-order valence-electron chi connectivity index (χ2n) is 6.81. The summed E-state index contributed by atoms with van der Waals surface area (Å²) in [5, 5.41) is 12.0. The summed E-state index contributed by atoms with van der Waals surface area (Å²) in [5.74, 6) is 0.684. The van der Waals surface area contributed by atoms with E-state index >= 15 is 0 Å². The highest BCUT2D eigenvalue weighted by Crippen LogP contribution is 2.32. The molecular weight excluding hydrogens is 428 g/mol. The molecule has 0 unspecified atom stereocenters. The summed E-state index contributed by atoms with van der Waals surface area (Å²) in [6.45, 7) is 2.13. The van der Waals surface area contributed by atoms with Crippen LogP contribution in [-0.4, -0.2) is 15.9 Å². The fourth-order valence-corrected chi connectivity index (χ4v) is 4.04. The van der Waals surface area contributed by atoms with Crippen molar-refractivity contribution >= 4 is 17.2 Å². The number of amides is 1. The highest BCUT2D eigenvalue weighted by atomic mass is 32.1. The summed E-state index contributed by atoms with van der Waals surface area (Å²) in [7, 11) is 0. The Morgan fingerprint density at radius 2 is 2.06 bits per heavy atom. The SMILES string of the molecule is Cc1nc(-c2c(OCc3ccccc3)cc[nH]c2=O)sc1C(=O)NCc1ccc(C#N)o1. The number of furan rings is 1. The van der Waals surface area contributed by atoms with Crippen LogP contribution in [0.5, 0.6) is 5.75 Å². The lowest BCUT2D eigenvalue weighted by molar-refractivity contribution is 0.0951. The molecule has 160 valence electrons. The molecule has 3 heterocycles. The molecule has 2 N–H and O–H groups in total. The van der Waals surface area contributed by atoms with Crippen molar-refractivity contribution in [3.63, 3.8) is 0 Å². The van der Waals surface area contributed by atoms with Gasteiger partial charge in [-0.15, -0.1) is 11.3 Å². The van der Waals surface area contributed by atoms with Gasteiger partial charge < -0.3 is 19.5 Å². The molecule has 0 saturated heterocycles. The molecule has 0 radical (unpaired) electrons. The second kappa shape index (κ2) is 9.32. The van der Waals surface area contributed by atoms with E-state index in [1.54, 1.807) is 19.1 Å². The van der Waals surface area contributed by atoms with Gasteiger partial charge in [-0.2, -0.15) is 5.26 Å². The Kier molecular flexibility index (Phi) is 6.14. The van der Waals surface area contributed by atoms with Gasteiger partial charge >= 0.3 is 0 Å². The van der Waals surface area contributed by atoms with E-state index in [1.165, 1.54) is 12.3 Å². The quantitative estimate of drug-likeness (QED) is 0.446. The zero-order valence-corrected chi connectivity index (χ0v) is 17.9. The molecule has 0 aliphatic carbocycles. The van der Waals surface area contributed by atoms with Gasteiger partial charge in [0, 0.05) is 6.20 Å². The largest absolute Gasteiger partial charge is 0.488 e. The van der Waals surface area contributed by atoms with Crippen molar-refractivity contribution in [1.29, 1.82) is 5.26 Å². The van der Waals surface area contributed by atoms with Gasteiger partial charge in [0.2, 0.25) is 5.76 Å². The molecule has 9 heteroatoms. The molecule has 8 nitrogen and oxygen atoms in total. The molecule has 1 amide bonds. The van der Waals surface area contributed by atoms with E-state index < -0.39 is 0 Å². The number of rotatable bonds is 7. The van der Waals surface area contributed by atoms with Crippen LogP contribution in [0.4, 0.5) is 0 Å². The van der Waals surface area contributed by atoms with Gasteiger partial charge in [-0.25, -0.2) is 4.98 Å². The number of ether oxygens (including phenoxy) is 1. The third-order valence-electron chi connectivity index (χ3n) is 4.57. The molecular formula is C23H18N4O4S. The third kappa shape index (κ3) is 4.61. The van der Waals surface area contributed by atoms with Crippen molar-refractivity contribution in [2.75, 3.05) is 0 Å². The molecule has 4 aromatic rings. The molecule has 3 aromatic heterocycles. The minimum atomic E-state index is -0.351. The number of benzene rings is 1. The van der Waals surface area contributed by atoms with E-state index in [2.05, 4.69) is 15.3 Å². The second-order valence-corrected chi connectivity index (χ2v) is 7.81. The first kappa shape index (κ1) is 21.1. The predicted molar refractivity (Wildman–Crippen MR) is 118 cm³/mol. The predicted octanol–water partition coefficient (Wildman–Crippen LogP) is 3.78. The minimum Gasteiger partial charge on any atom is -0.488 e. The Labute approximate surface area is 187 Å². The van der Waals surface area contributed by atoms with Crippen LogP contribution < -0.4 is 15.6 Å². The van der Waals surface area contributed by atoms with Gasteiger partial charge in [-0.1, -0.05) is 30.3 Å². The molecule has 0 atom stereocenters. The van der Waals surface area contributed by atoms with E-state index in [0.717, 1.165) is 16.9 Å². The first-order chi connectivity index (χ1) is 15.5. The van der Waals surface area contributed by atoms with Crippen LogP contribution in [0.15, 0.2) is 63.9 Å². The van der Waals surface area contributed by atoms with E-state index in [1.807, 2.05) is 36.4 Å². The van der Waals surface area contributed by atoms with Gasteiger partial charge in [0.15, 0.2) is 0 Å². The average Bonchev–Trinajstić information content (AvgIpc) is 3.43. The average molecular weight is 446 g/mol. The number of nitriles is 1. The topological polar surface area (TPSA) is 121 Å². The van der Waals surface area contributed by atoms with Crippen molar-refractivity contribution in [2.45, 2.75) is 20.1 Å². The molecule has 32 heavy (non-hydrogen) atoms. The number of aryl methyl sites for hydroxylation is 1. The maximum Gasteiger partial charge on any atom is 0.263 e. The molecule has 0 spiro atoms. The highest BCUT2D eigenvalue weighted by molar-refractivity contribution is 7.17. The molecule has 4 rings (SSSR count). The van der Waals surface area contributed by atoms with E-state index in [4.69, 9.17) is 14.4 Å². The van der Waals surface area contributed by atoms with Gasteiger partial charge in [-0.3, -0.25) is 9.59 Å². The maximum atomic E-state index is 12.7. The summed E-state index contributed by atoms with van der Waals surface area (Å²) in [6.07, 6.45) is 1.51. The fraction of sp³-hybridized carbons (Fsp3) is 0.130. The van der Waals surface area contributed by atoms with Crippen LogP contribution in [-0.2, 0) is 13.2 Å². The van der Waals surface area contributed by atoms with Crippen molar-refractivity contribution in [3.8, 4) is 22.4 Å². The molecule has 0 aliphatic rings. The van der Waals surface area contributed by atoms with Crippen LogP contribution in [0.3, 0.4) is 0 Å². The third-order valence-corrected chi connectivity index (χ3v) is 5.75. The van der Waals surface area contributed by atoms with E-state index in [-0.39, 0.29) is 29.3 Å². The standard InChI is InChI=1S/C23H18N4O4S/c1-14-20(22(29)26-12-17-8-7-16(11-24)31-17)32-23(27-14)19-18(9-10-25-21(19)28)30-13-15-5-3-2-4-6-15/h2-10H,12-13H2,1H3,(H,25,28)(H,26,29). The normalized spacial score (nSPS) is 10.5. The molecule has 0 bridgehead atoms. The smallest absolute Gasteiger partial charge is 0.263 e. The van der Waals surface area contributed by atoms with Gasteiger partial charge in [-0.05, 0) is 30.7 Å². The highest BCUT2D eigenvalue weighted by Gasteiger charge is 2.21. The molecule has 1 aromatic carbocycles. The number of nitrogens with zero attached hydrogens (tertiary/aromatic N) is 2. The number of nitrogens with one attached hydrogen (secondary N) is 2. The molecule has 0 aliphatic heterocycles. The Balaban J connectivity index is 1.54. The first-order valence-electron chi connectivity index (χ1n) is 9.68. The number of hydrogen-bond acceptors (Lipinski definition) is 7. The van der Waals surface area contributed by atoms with Crippen molar-refractivity contribution in [1.82, 2.24) is 15.3 Å². The lowest BCUT2D eigenvalue weighted by Crippen LogP contribution is -2.22. The number of H-pyrrole nitrogens is 1. The van der Waals surface area contributed by atoms with E-state index in [0.29, 0.717) is 33.7 Å². The summed E-state index contributed by atoms with van der Waals surface area (Å²) in [4.78, 5) is 32.7. The Morgan fingerprint density at radius 3 is 2.81 bits per heavy atom. The Morgan fingerprint density at radius 1 is 1.25 bits per heavy atom. The number of hydrogen-bond donors (Lipinski definition) is 2. The van der Waals surface area contributed by atoms with Crippen LogP contribution in [0.2, 0.25) is 0 Å².